The second-order valence-electron chi connectivity index (χ2n) is 8.66. The van der Waals surface area contributed by atoms with Crippen LogP contribution in [0.3, 0.4) is 0 Å². The summed E-state index contributed by atoms with van der Waals surface area (Å²) in [5.41, 5.74) is 4.94. The standard InChI is InChI=1S/C28H25FN4O3/c1-17-7-9-20(10-8-17)25-24(27-31-26(32-36-27)21-11-13-22(29)14-12-21)18(2)33(28(34)30-25)16-19-5-4-6-23(15-19)35-3/h4-15,25H,16H2,1-3H3,(H,30,34). The number of allylic oxidation sites excluding steroid dienone is 1. The van der Waals surface area contributed by atoms with Crippen molar-refractivity contribution in [1.29, 1.82) is 0 Å². The first-order chi connectivity index (χ1) is 17.4. The van der Waals surface area contributed by atoms with Crippen molar-refractivity contribution >= 4 is 11.6 Å². The first kappa shape index (κ1) is 23.3. The van der Waals surface area contributed by atoms with E-state index in [0.717, 1.165) is 16.7 Å². The molecule has 0 aliphatic carbocycles. The number of hydrogen-bond acceptors (Lipinski definition) is 5. The number of carbonyl (C=O) groups is 1. The number of nitrogens with zero attached hydrogens (tertiary/aromatic N) is 3. The zero-order valence-electron chi connectivity index (χ0n) is 20.2. The molecule has 0 bridgehead atoms. The van der Waals surface area contributed by atoms with Crippen molar-refractivity contribution in [2.24, 2.45) is 0 Å². The van der Waals surface area contributed by atoms with E-state index in [-0.39, 0.29) is 17.7 Å². The number of nitrogens with one attached hydrogen (secondary N) is 1. The second kappa shape index (κ2) is 9.65. The van der Waals surface area contributed by atoms with Crippen LogP contribution in [0.15, 0.2) is 83.0 Å². The zero-order valence-corrected chi connectivity index (χ0v) is 20.2. The largest absolute Gasteiger partial charge is 0.497 e. The fraction of sp³-hybridized carbons (Fsp3) is 0.179. The number of benzene rings is 3. The number of rotatable bonds is 6. The molecule has 1 aliphatic heterocycles. The first-order valence-electron chi connectivity index (χ1n) is 11.5. The van der Waals surface area contributed by atoms with Gasteiger partial charge in [0.15, 0.2) is 0 Å². The number of aryl methyl sites for hydroxylation is 1. The highest BCUT2D eigenvalue weighted by Gasteiger charge is 2.35. The Kier molecular flexibility index (Phi) is 6.25. The smallest absolute Gasteiger partial charge is 0.322 e. The van der Waals surface area contributed by atoms with Gasteiger partial charge in [-0.1, -0.05) is 47.1 Å². The lowest BCUT2D eigenvalue weighted by atomic mass is 9.94. The number of halogens is 1. The van der Waals surface area contributed by atoms with Crippen molar-refractivity contribution in [1.82, 2.24) is 20.4 Å². The van der Waals surface area contributed by atoms with Crippen LogP contribution in [0.5, 0.6) is 5.75 Å². The van der Waals surface area contributed by atoms with Gasteiger partial charge in [-0.05, 0) is 61.4 Å². The van der Waals surface area contributed by atoms with Crippen LogP contribution in [-0.2, 0) is 6.54 Å². The summed E-state index contributed by atoms with van der Waals surface area (Å²) in [4.78, 5) is 19.6. The summed E-state index contributed by atoms with van der Waals surface area (Å²) in [6, 6.07) is 20.7. The highest BCUT2D eigenvalue weighted by molar-refractivity contribution is 5.86. The molecule has 1 unspecified atom stereocenters. The lowest BCUT2D eigenvalue weighted by Gasteiger charge is -2.35. The summed E-state index contributed by atoms with van der Waals surface area (Å²) < 4.78 is 24.4. The maximum atomic E-state index is 13.4. The number of amides is 2. The van der Waals surface area contributed by atoms with E-state index in [0.29, 0.717) is 35.0 Å². The van der Waals surface area contributed by atoms with Gasteiger partial charge in [-0.3, -0.25) is 4.90 Å². The van der Waals surface area contributed by atoms with Crippen LogP contribution >= 0.6 is 0 Å². The van der Waals surface area contributed by atoms with Crippen molar-refractivity contribution in [2.45, 2.75) is 26.4 Å². The van der Waals surface area contributed by atoms with E-state index >= 15 is 0 Å². The molecular formula is C28H25FN4O3. The third-order valence-corrected chi connectivity index (χ3v) is 6.24. The molecule has 8 heteroatoms. The van der Waals surface area contributed by atoms with E-state index in [1.165, 1.54) is 12.1 Å². The number of hydrogen-bond donors (Lipinski definition) is 1. The lowest BCUT2D eigenvalue weighted by Crippen LogP contribution is -2.45. The number of methoxy groups -OCH3 is 1. The molecule has 0 saturated carbocycles. The van der Waals surface area contributed by atoms with Gasteiger partial charge in [0.2, 0.25) is 5.82 Å². The monoisotopic (exact) mass is 484 g/mol. The average Bonchev–Trinajstić information content (AvgIpc) is 3.37. The minimum atomic E-state index is -0.485. The molecule has 2 heterocycles. The fourth-order valence-electron chi connectivity index (χ4n) is 4.26. The van der Waals surface area contributed by atoms with Crippen LogP contribution < -0.4 is 10.1 Å². The van der Waals surface area contributed by atoms with Gasteiger partial charge in [-0.25, -0.2) is 9.18 Å². The molecule has 0 spiro atoms. The summed E-state index contributed by atoms with van der Waals surface area (Å²) >= 11 is 0. The Morgan fingerprint density at radius 2 is 1.81 bits per heavy atom. The number of carbonyl (C=O) groups excluding carboxylic acids is 1. The molecule has 1 N–H and O–H groups in total. The predicted molar refractivity (Wildman–Crippen MR) is 133 cm³/mol. The number of urea groups is 1. The summed E-state index contributed by atoms with van der Waals surface area (Å²) in [5.74, 6) is 0.992. The molecule has 2 amide bonds. The summed E-state index contributed by atoms with van der Waals surface area (Å²) in [7, 11) is 1.61. The van der Waals surface area contributed by atoms with Crippen LogP contribution in [0.1, 0.15) is 35.5 Å². The Hall–Kier alpha value is -4.46. The molecule has 1 aromatic heterocycles. The van der Waals surface area contributed by atoms with Crippen LogP contribution in [0.2, 0.25) is 0 Å². The highest BCUT2D eigenvalue weighted by atomic mass is 19.1. The van der Waals surface area contributed by atoms with Gasteiger partial charge in [-0.15, -0.1) is 0 Å². The molecule has 182 valence electrons. The average molecular weight is 485 g/mol. The van der Waals surface area contributed by atoms with Crippen molar-refractivity contribution in [3.8, 4) is 17.1 Å². The quantitative estimate of drug-likeness (QED) is 0.369. The molecular weight excluding hydrogens is 459 g/mol. The molecule has 1 aliphatic rings. The van der Waals surface area contributed by atoms with Crippen molar-refractivity contribution in [3.05, 3.63) is 107 Å². The molecule has 7 nitrogen and oxygen atoms in total. The minimum Gasteiger partial charge on any atom is -0.497 e. The second-order valence-corrected chi connectivity index (χ2v) is 8.66. The number of ether oxygens (including phenoxy) is 1. The number of aromatic nitrogens is 2. The van der Waals surface area contributed by atoms with E-state index < -0.39 is 6.04 Å². The fourth-order valence-corrected chi connectivity index (χ4v) is 4.26. The van der Waals surface area contributed by atoms with E-state index in [1.807, 2.05) is 62.4 Å². The van der Waals surface area contributed by atoms with E-state index in [2.05, 4.69) is 15.5 Å². The molecule has 1 atom stereocenters. The van der Waals surface area contributed by atoms with E-state index in [4.69, 9.17) is 9.26 Å². The zero-order chi connectivity index (χ0) is 25.2. The highest BCUT2D eigenvalue weighted by Crippen LogP contribution is 2.38. The summed E-state index contributed by atoms with van der Waals surface area (Å²) in [5, 5.41) is 7.24. The van der Waals surface area contributed by atoms with Gasteiger partial charge in [-0.2, -0.15) is 4.98 Å². The first-order valence-corrected chi connectivity index (χ1v) is 11.5. The summed E-state index contributed by atoms with van der Waals surface area (Å²) in [6.07, 6.45) is 0. The molecule has 4 aromatic rings. The molecule has 3 aromatic carbocycles. The topological polar surface area (TPSA) is 80.5 Å². The van der Waals surface area contributed by atoms with Crippen LogP contribution in [0.4, 0.5) is 9.18 Å². The maximum absolute atomic E-state index is 13.4. The van der Waals surface area contributed by atoms with Gasteiger partial charge in [0.25, 0.3) is 5.89 Å². The van der Waals surface area contributed by atoms with Crippen molar-refractivity contribution in [2.75, 3.05) is 7.11 Å². The third-order valence-electron chi connectivity index (χ3n) is 6.24. The van der Waals surface area contributed by atoms with Crippen LogP contribution in [0, 0.1) is 12.7 Å². The van der Waals surface area contributed by atoms with Crippen molar-refractivity contribution < 1.29 is 18.4 Å². The molecule has 0 fully saturated rings. The van der Waals surface area contributed by atoms with Gasteiger partial charge >= 0.3 is 6.03 Å². The molecule has 0 saturated heterocycles. The SMILES string of the molecule is COc1cccc(CN2C(=O)NC(c3ccc(C)cc3)C(c3nc(-c4ccc(F)cc4)no3)=C2C)c1. The lowest BCUT2D eigenvalue weighted by molar-refractivity contribution is 0.203. The van der Waals surface area contributed by atoms with E-state index in [9.17, 15) is 9.18 Å². The molecule has 0 radical (unpaired) electrons. The molecule has 5 rings (SSSR count). The Bertz CT molecular complexity index is 1430. The van der Waals surface area contributed by atoms with Gasteiger partial charge in [0.05, 0.1) is 25.3 Å². The van der Waals surface area contributed by atoms with Crippen molar-refractivity contribution in [3.63, 3.8) is 0 Å². The Labute approximate surface area is 208 Å². The van der Waals surface area contributed by atoms with Crippen LogP contribution in [-0.4, -0.2) is 28.2 Å². The Balaban J connectivity index is 1.58. The Morgan fingerprint density at radius 1 is 1.06 bits per heavy atom. The molecule has 36 heavy (non-hydrogen) atoms. The van der Waals surface area contributed by atoms with Gasteiger partial charge < -0.3 is 14.6 Å². The maximum Gasteiger partial charge on any atom is 0.322 e. The van der Waals surface area contributed by atoms with E-state index in [1.54, 1.807) is 24.1 Å². The third kappa shape index (κ3) is 4.57. The normalized spacial score (nSPS) is 15.7. The van der Waals surface area contributed by atoms with Gasteiger partial charge in [0.1, 0.15) is 11.6 Å². The van der Waals surface area contributed by atoms with Gasteiger partial charge in [0, 0.05) is 11.3 Å². The minimum absolute atomic E-state index is 0.233. The Morgan fingerprint density at radius 3 is 2.53 bits per heavy atom. The predicted octanol–water partition coefficient (Wildman–Crippen LogP) is 5.89. The summed E-state index contributed by atoms with van der Waals surface area (Å²) in [6.45, 7) is 4.21. The van der Waals surface area contributed by atoms with Crippen LogP contribution in [0.25, 0.3) is 17.0 Å².